The molecular weight excluding hydrogens is 276 g/mol. The highest BCUT2D eigenvalue weighted by Gasteiger charge is 2.26. The van der Waals surface area contributed by atoms with Gasteiger partial charge < -0.3 is 10.8 Å². The van der Waals surface area contributed by atoms with Crippen LogP contribution < -0.4 is 10.5 Å². The Morgan fingerprint density at radius 1 is 1.15 bits per heavy atom. The van der Waals surface area contributed by atoms with Crippen LogP contribution in [0.3, 0.4) is 0 Å². The van der Waals surface area contributed by atoms with E-state index in [0.29, 0.717) is 25.7 Å². The lowest BCUT2D eigenvalue weighted by Gasteiger charge is -2.26. The first-order valence-corrected chi connectivity index (χ1v) is 8.35. The average Bonchev–Trinajstić information content (AvgIpc) is 2.36. The van der Waals surface area contributed by atoms with Crippen molar-refractivity contribution >= 4 is 15.7 Å². The Bertz CT molecular complexity index is 591. The Hall–Kier alpha value is -1.11. The van der Waals surface area contributed by atoms with Gasteiger partial charge in [-0.1, -0.05) is 0 Å². The third-order valence-electron chi connectivity index (χ3n) is 3.93. The van der Waals surface area contributed by atoms with E-state index in [1.54, 1.807) is 12.1 Å². The van der Waals surface area contributed by atoms with E-state index in [2.05, 4.69) is 4.72 Å². The molecule has 0 bridgehead atoms. The van der Waals surface area contributed by atoms with Gasteiger partial charge in [-0.3, -0.25) is 0 Å². The fourth-order valence-corrected chi connectivity index (χ4v) is 4.02. The number of sulfonamides is 1. The third-order valence-corrected chi connectivity index (χ3v) is 5.51. The van der Waals surface area contributed by atoms with Crippen LogP contribution in [-0.4, -0.2) is 25.7 Å². The van der Waals surface area contributed by atoms with E-state index in [0.717, 1.165) is 11.1 Å². The molecule has 1 aliphatic rings. The van der Waals surface area contributed by atoms with Crippen LogP contribution in [0.25, 0.3) is 0 Å². The highest BCUT2D eigenvalue weighted by Crippen LogP contribution is 2.25. The van der Waals surface area contributed by atoms with E-state index < -0.39 is 10.0 Å². The van der Waals surface area contributed by atoms with Crippen LogP contribution in [0.4, 0.5) is 5.69 Å². The Morgan fingerprint density at radius 2 is 1.70 bits per heavy atom. The predicted octanol–water partition coefficient (Wildman–Crippen LogP) is 1.47. The number of nitrogens with one attached hydrogen (secondary N) is 1. The summed E-state index contributed by atoms with van der Waals surface area (Å²) in [5.74, 6) is 0. The smallest absolute Gasteiger partial charge is 0.242 e. The lowest BCUT2D eigenvalue weighted by Crippen LogP contribution is -2.38. The van der Waals surface area contributed by atoms with Crippen molar-refractivity contribution in [1.29, 1.82) is 0 Å². The summed E-state index contributed by atoms with van der Waals surface area (Å²) in [7, 11) is -3.60. The molecule has 0 atom stereocenters. The van der Waals surface area contributed by atoms with E-state index in [1.165, 1.54) is 0 Å². The number of rotatable bonds is 3. The molecular formula is C14H22N2O3S. The number of nitrogens with two attached hydrogens (primary N) is 1. The first-order valence-electron chi connectivity index (χ1n) is 6.86. The summed E-state index contributed by atoms with van der Waals surface area (Å²) >= 11 is 0. The molecule has 6 heteroatoms. The van der Waals surface area contributed by atoms with Crippen LogP contribution in [0.1, 0.15) is 36.8 Å². The van der Waals surface area contributed by atoms with Crippen molar-refractivity contribution < 1.29 is 13.5 Å². The van der Waals surface area contributed by atoms with Gasteiger partial charge in [-0.05, 0) is 62.8 Å². The maximum absolute atomic E-state index is 12.4. The van der Waals surface area contributed by atoms with Gasteiger partial charge in [-0.15, -0.1) is 0 Å². The highest BCUT2D eigenvalue weighted by molar-refractivity contribution is 7.89. The van der Waals surface area contributed by atoms with Gasteiger partial charge in [0.25, 0.3) is 0 Å². The fourth-order valence-electron chi connectivity index (χ4n) is 2.52. The lowest BCUT2D eigenvalue weighted by atomic mass is 9.94. The predicted molar refractivity (Wildman–Crippen MR) is 78.9 cm³/mol. The minimum absolute atomic E-state index is 0.121. The molecule has 0 heterocycles. The van der Waals surface area contributed by atoms with E-state index in [-0.39, 0.29) is 22.7 Å². The van der Waals surface area contributed by atoms with E-state index in [1.807, 2.05) is 13.8 Å². The molecule has 1 aromatic carbocycles. The number of anilines is 1. The Labute approximate surface area is 120 Å². The summed E-state index contributed by atoms with van der Waals surface area (Å²) in [5, 5.41) is 9.46. The molecule has 1 aliphatic carbocycles. The van der Waals surface area contributed by atoms with Crippen molar-refractivity contribution in [3.63, 3.8) is 0 Å². The topological polar surface area (TPSA) is 92.4 Å². The van der Waals surface area contributed by atoms with Gasteiger partial charge in [0, 0.05) is 6.04 Å². The van der Waals surface area contributed by atoms with Gasteiger partial charge >= 0.3 is 0 Å². The van der Waals surface area contributed by atoms with Gasteiger partial charge in [0.1, 0.15) is 4.90 Å². The number of hydrogen-bond acceptors (Lipinski definition) is 4. The molecule has 0 aromatic heterocycles. The van der Waals surface area contributed by atoms with E-state index >= 15 is 0 Å². The second-order valence-corrected chi connectivity index (χ2v) is 7.28. The van der Waals surface area contributed by atoms with Crippen LogP contribution in [0, 0.1) is 13.8 Å². The SMILES string of the molecule is Cc1cc(N)c(S(=O)(=O)NC2CCC(O)CC2)cc1C. The standard InChI is InChI=1S/C14H22N2O3S/c1-9-7-13(15)14(8-10(9)2)20(18,19)16-11-3-5-12(17)6-4-11/h7-8,11-12,16-17H,3-6,15H2,1-2H3. The molecule has 20 heavy (non-hydrogen) atoms. The summed E-state index contributed by atoms with van der Waals surface area (Å²) in [6.45, 7) is 3.77. The second-order valence-electron chi connectivity index (χ2n) is 5.60. The minimum Gasteiger partial charge on any atom is -0.398 e. The first-order chi connectivity index (χ1) is 9.29. The normalized spacial score (nSPS) is 23.8. The number of benzene rings is 1. The van der Waals surface area contributed by atoms with Crippen molar-refractivity contribution in [1.82, 2.24) is 4.72 Å². The van der Waals surface area contributed by atoms with Gasteiger partial charge in [-0.2, -0.15) is 0 Å². The largest absolute Gasteiger partial charge is 0.398 e. The van der Waals surface area contributed by atoms with Crippen molar-refractivity contribution in [2.45, 2.75) is 56.6 Å². The zero-order chi connectivity index (χ0) is 14.9. The third kappa shape index (κ3) is 3.31. The number of aryl methyl sites for hydroxylation is 2. The van der Waals surface area contributed by atoms with E-state index in [9.17, 15) is 13.5 Å². The number of nitrogen functional groups attached to an aromatic ring is 1. The van der Waals surface area contributed by atoms with Crippen molar-refractivity contribution in [3.05, 3.63) is 23.3 Å². The van der Waals surface area contributed by atoms with Crippen LogP contribution in [0.2, 0.25) is 0 Å². The molecule has 5 nitrogen and oxygen atoms in total. The fraction of sp³-hybridized carbons (Fsp3) is 0.571. The summed E-state index contributed by atoms with van der Waals surface area (Å²) < 4.78 is 27.5. The van der Waals surface area contributed by atoms with Crippen LogP contribution in [0.15, 0.2) is 17.0 Å². The molecule has 1 fully saturated rings. The quantitative estimate of drug-likeness (QED) is 0.737. The van der Waals surface area contributed by atoms with Crippen LogP contribution in [0.5, 0.6) is 0 Å². The molecule has 4 N–H and O–H groups in total. The summed E-state index contributed by atoms with van der Waals surface area (Å²) in [6.07, 6.45) is 2.28. The highest BCUT2D eigenvalue weighted by atomic mass is 32.2. The second kappa shape index (κ2) is 5.71. The minimum atomic E-state index is -3.60. The zero-order valence-electron chi connectivity index (χ0n) is 11.9. The number of hydrogen-bond donors (Lipinski definition) is 3. The lowest BCUT2D eigenvalue weighted by molar-refractivity contribution is 0.120. The maximum Gasteiger partial charge on any atom is 0.242 e. The molecule has 112 valence electrons. The molecule has 0 amide bonds. The Balaban J connectivity index is 2.20. The van der Waals surface area contributed by atoms with Crippen molar-refractivity contribution in [2.24, 2.45) is 0 Å². The van der Waals surface area contributed by atoms with Crippen molar-refractivity contribution in [3.8, 4) is 0 Å². The molecule has 0 saturated heterocycles. The summed E-state index contributed by atoms with van der Waals surface area (Å²) in [5.41, 5.74) is 7.99. The monoisotopic (exact) mass is 298 g/mol. The number of aliphatic hydroxyl groups is 1. The van der Waals surface area contributed by atoms with Crippen molar-refractivity contribution in [2.75, 3.05) is 5.73 Å². The summed E-state index contributed by atoms with van der Waals surface area (Å²) in [6, 6.07) is 3.18. The van der Waals surface area contributed by atoms with E-state index in [4.69, 9.17) is 5.73 Å². The maximum atomic E-state index is 12.4. The molecule has 0 unspecified atom stereocenters. The van der Waals surface area contributed by atoms with Crippen LogP contribution in [-0.2, 0) is 10.0 Å². The Morgan fingerprint density at radius 3 is 2.30 bits per heavy atom. The summed E-state index contributed by atoms with van der Waals surface area (Å²) in [4.78, 5) is 0.145. The van der Waals surface area contributed by atoms with Crippen LogP contribution >= 0.6 is 0 Å². The van der Waals surface area contributed by atoms with Gasteiger partial charge in [0.15, 0.2) is 0 Å². The van der Waals surface area contributed by atoms with Gasteiger partial charge in [-0.25, -0.2) is 13.1 Å². The average molecular weight is 298 g/mol. The Kier molecular flexibility index (Phi) is 4.36. The number of aliphatic hydroxyl groups excluding tert-OH is 1. The molecule has 0 spiro atoms. The molecule has 1 aromatic rings. The van der Waals surface area contributed by atoms with Gasteiger partial charge in [0.05, 0.1) is 11.8 Å². The van der Waals surface area contributed by atoms with Gasteiger partial charge in [0.2, 0.25) is 10.0 Å². The molecule has 0 radical (unpaired) electrons. The first kappa shape index (κ1) is 15.3. The molecule has 1 saturated carbocycles. The zero-order valence-corrected chi connectivity index (χ0v) is 12.7. The molecule has 2 rings (SSSR count). The molecule has 0 aliphatic heterocycles.